The van der Waals surface area contributed by atoms with Gasteiger partial charge in [0.15, 0.2) is 0 Å². The van der Waals surface area contributed by atoms with Crippen LogP contribution in [-0.4, -0.2) is 50.4 Å². The van der Waals surface area contributed by atoms with Gasteiger partial charge in [0.25, 0.3) is 10.0 Å². The van der Waals surface area contributed by atoms with Gasteiger partial charge < -0.3 is 15.0 Å². The number of halogens is 2. The van der Waals surface area contributed by atoms with E-state index in [9.17, 15) is 18.0 Å². The van der Waals surface area contributed by atoms with E-state index in [1.54, 1.807) is 74.5 Å². The molecule has 0 heterocycles. The number of nitrogens with one attached hydrogen (secondary N) is 1. The van der Waals surface area contributed by atoms with Crippen molar-refractivity contribution < 1.29 is 22.7 Å². The van der Waals surface area contributed by atoms with E-state index >= 15 is 0 Å². The number of sulfonamides is 1. The minimum Gasteiger partial charge on any atom is -0.492 e. The molecule has 0 aliphatic rings. The molecule has 3 aromatic rings. The number of carbonyl (C=O) groups excluding carboxylic acids is 2. The van der Waals surface area contributed by atoms with E-state index in [1.165, 1.54) is 17.0 Å². The lowest BCUT2D eigenvalue weighted by Crippen LogP contribution is -2.53. The van der Waals surface area contributed by atoms with Crippen LogP contribution in [0.3, 0.4) is 0 Å². The van der Waals surface area contributed by atoms with Crippen LogP contribution >= 0.6 is 23.2 Å². The highest BCUT2D eigenvalue weighted by molar-refractivity contribution is 7.92. The Morgan fingerprint density at radius 3 is 2.20 bits per heavy atom. The van der Waals surface area contributed by atoms with Crippen LogP contribution < -0.4 is 14.4 Å². The normalized spacial score (nSPS) is 12.1. The van der Waals surface area contributed by atoms with E-state index in [-0.39, 0.29) is 29.1 Å². The van der Waals surface area contributed by atoms with Crippen LogP contribution in [0.15, 0.2) is 77.7 Å². The zero-order valence-corrected chi connectivity index (χ0v) is 25.8. The van der Waals surface area contributed by atoms with Crippen molar-refractivity contribution in [1.82, 2.24) is 10.2 Å². The molecule has 3 aromatic carbocycles. The fraction of sp³-hybridized carbons (Fsp3) is 0.333. The monoisotopic (exact) mass is 619 g/mol. The fourth-order valence-electron chi connectivity index (χ4n) is 4.31. The van der Waals surface area contributed by atoms with Crippen molar-refractivity contribution >= 4 is 50.7 Å². The van der Waals surface area contributed by atoms with E-state index in [1.807, 2.05) is 13.8 Å². The van der Waals surface area contributed by atoms with Gasteiger partial charge in [-0.25, -0.2) is 8.42 Å². The second kappa shape index (κ2) is 14.6. The molecule has 0 fully saturated rings. The highest BCUT2D eigenvalue weighted by Gasteiger charge is 2.34. The molecule has 2 amide bonds. The lowest BCUT2D eigenvalue weighted by atomic mass is 10.1. The lowest BCUT2D eigenvalue weighted by Gasteiger charge is -2.34. The van der Waals surface area contributed by atoms with Gasteiger partial charge in [0.05, 0.1) is 27.2 Å². The number of benzene rings is 3. The van der Waals surface area contributed by atoms with Gasteiger partial charge in [-0.05, 0) is 69.2 Å². The Morgan fingerprint density at radius 1 is 0.927 bits per heavy atom. The van der Waals surface area contributed by atoms with Crippen LogP contribution in [0.4, 0.5) is 5.69 Å². The number of hydrogen-bond donors (Lipinski definition) is 1. The Hall–Kier alpha value is -3.27. The molecule has 1 atom stereocenters. The first kappa shape index (κ1) is 32.2. The molecule has 0 saturated carbocycles. The number of rotatable bonds is 13. The summed E-state index contributed by atoms with van der Waals surface area (Å²) < 4.78 is 34.8. The standard InChI is InChI=1S/C30H35Cl2N3O5S/c1-5-26(30(37)33-21(3)4)34(19-22-16-17-24(31)25(32)18-22)29(36)20-35(27-14-10-11-15-28(27)40-6-2)41(38,39)23-12-8-7-9-13-23/h7-18,21,26H,5-6,19-20H2,1-4H3,(H,33,37)/t26-/m1/s1. The number of ether oxygens (including phenoxy) is 1. The third-order valence-electron chi connectivity index (χ3n) is 6.20. The molecule has 0 aromatic heterocycles. The van der Waals surface area contributed by atoms with Gasteiger partial charge in [0, 0.05) is 12.6 Å². The smallest absolute Gasteiger partial charge is 0.264 e. The number of nitrogens with zero attached hydrogens (tertiary/aromatic N) is 2. The van der Waals surface area contributed by atoms with Crippen molar-refractivity contribution in [3.05, 3.63) is 88.4 Å². The fourth-order valence-corrected chi connectivity index (χ4v) is 6.08. The highest BCUT2D eigenvalue weighted by Crippen LogP contribution is 2.33. The number of para-hydroxylation sites is 2. The molecule has 0 unspecified atom stereocenters. The summed E-state index contributed by atoms with van der Waals surface area (Å²) in [6.07, 6.45) is 0.298. The minimum atomic E-state index is -4.21. The Balaban J connectivity index is 2.11. The average molecular weight is 621 g/mol. The van der Waals surface area contributed by atoms with Gasteiger partial charge in [-0.15, -0.1) is 0 Å². The van der Waals surface area contributed by atoms with Gasteiger partial charge >= 0.3 is 0 Å². The molecule has 1 N–H and O–H groups in total. The first-order valence-electron chi connectivity index (χ1n) is 13.3. The summed E-state index contributed by atoms with van der Waals surface area (Å²) in [6.45, 7) is 6.96. The van der Waals surface area contributed by atoms with E-state index in [0.29, 0.717) is 34.4 Å². The number of carbonyl (C=O) groups is 2. The Kier molecular flexibility index (Phi) is 11.5. The molecule has 0 saturated heterocycles. The van der Waals surface area contributed by atoms with Crippen LogP contribution in [0.5, 0.6) is 5.75 Å². The molecular weight excluding hydrogens is 585 g/mol. The summed E-state index contributed by atoms with van der Waals surface area (Å²) in [6, 6.07) is 18.4. The summed E-state index contributed by atoms with van der Waals surface area (Å²) in [7, 11) is -4.21. The van der Waals surface area contributed by atoms with Crippen molar-refractivity contribution in [1.29, 1.82) is 0 Å². The number of anilines is 1. The van der Waals surface area contributed by atoms with Crippen LogP contribution in [0, 0.1) is 0 Å². The van der Waals surface area contributed by atoms with E-state index in [2.05, 4.69) is 5.32 Å². The van der Waals surface area contributed by atoms with Gasteiger partial charge in [-0.3, -0.25) is 13.9 Å². The lowest BCUT2D eigenvalue weighted by molar-refractivity contribution is -0.140. The maximum atomic E-state index is 14.2. The predicted molar refractivity (Wildman–Crippen MR) is 163 cm³/mol. The van der Waals surface area contributed by atoms with Gasteiger partial charge in [0.2, 0.25) is 11.8 Å². The van der Waals surface area contributed by atoms with Crippen molar-refractivity contribution in [3.63, 3.8) is 0 Å². The van der Waals surface area contributed by atoms with Gasteiger partial charge in [-0.2, -0.15) is 0 Å². The SMILES string of the molecule is CCOc1ccccc1N(CC(=O)N(Cc1ccc(Cl)c(Cl)c1)[C@H](CC)C(=O)NC(C)C)S(=O)(=O)c1ccccc1. The number of hydrogen-bond acceptors (Lipinski definition) is 5. The molecule has 11 heteroatoms. The largest absolute Gasteiger partial charge is 0.492 e. The molecule has 0 aliphatic heterocycles. The second-order valence-corrected chi connectivity index (χ2v) is 12.3. The van der Waals surface area contributed by atoms with Crippen LogP contribution in [0.1, 0.15) is 39.7 Å². The Bertz CT molecular complexity index is 1450. The van der Waals surface area contributed by atoms with Crippen LogP contribution in [0.2, 0.25) is 10.0 Å². The number of amides is 2. The molecule has 0 bridgehead atoms. The molecular formula is C30H35Cl2N3O5S. The van der Waals surface area contributed by atoms with E-state index in [4.69, 9.17) is 27.9 Å². The predicted octanol–water partition coefficient (Wildman–Crippen LogP) is 5.92. The van der Waals surface area contributed by atoms with E-state index in [0.717, 1.165) is 4.31 Å². The second-order valence-electron chi connectivity index (χ2n) is 9.58. The highest BCUT2D eigenvalue weighted by atomic mass is 35.5. The van der Waals surface area contributed by atoms with E-state index < -0.39 is 28.5 Å². The Labute approximate surface area is 252 Å². The summed E-state index contributed by atoms with van der Waals surface area (Å²) >= 11 is 12.3. The maximum Gasteiger partial charge on any atom is 0.264 e. The quantitative estimate of drug-likeness (QED) is 0.256. The third-order valence-corrected chi connectivity index (χ3v) is 8.71. The van der Waals surface area contributed by atoms with Crippen molar-refractivity contribution in [3.8, 4) is 5.75 Å². The molecule has 0 spiro atoms. The molecule has 220 valence electrons. The first-order valence-corrected chi connectivity index (χ1v) is 15.5. The summed E-state index contributed by atoms with van der Waals surface area (Å²) in [5, 5.41) is 3.52. The maximum absolute atomic E-state index is 14.2. The van der Waals surface area contributed by atoms with Crippen molar-refractivity contribution in [2.75, 3.05) is 17.5 Å². The minimum absolute atomic E-state index is 0.00603. The third kappa shape index (κ3) is 8.15. The van der Waals surface area contributed by atoms with Crippen molar-refractivity contribution in [2.24, 2.45) is 0 Å². The van der Waals surface area contributed by atoms with Crippen LogP contribution in [0.25, 0.3) is 0 Å². The molecule has 0 radical (unpaired) electrons. The first-order chi connectivity index (χ1) is 19.5. The van der Waals surface area contributed by atoms with Gasteiger partial charge in [-0.1, -0.05) is 66.5 Å². The van der Waals surface area contributed by atoms with Gasteiger partial charge in [0.1, 0.15) is 18.3 Å². The Morgan fingerprint density at radius 2 is 1.59 bits per heavy atom. The zero-order valence-electron chi connectivity index (χ0n) is 23.5. The summed E-state index contributed by atoms with van der Waals surface area (Å²) in [5.74, 6) is -0.612. The zero-order chi connectivity index (χ0) is 30.2. The molecule has 41 heavy (non-hydrogen) atoms. The summed E-state index contributed by atoms with van der Waals surface area (Å²) in [4.78, 5) is 28.8. The topological polar surface area (TPSA) is 96.0 Å². The summed E-state index contributed by atoms with van der Waals surface area (Å²) in [5.41, 5.74) is 0.844. The molecule has 0 aliphatic carbocycles. The molecule has 3 rings (SSSR count). The van der Waals surface area contributed by atoms with Crippen molar-refractivity contribution in [2.45, 2.75) is 57.6 Å². The average Bonchev–Trinajstić information content (AvgIpc) is 2.94. The molecule has 8 nitrogen and oxygen atoms in total. The van der Waals surface area contributed by atoms with Crippen LogP contribution in [-0.2, 0) is 26.2 Å².